The van der Waals surface area contributed by atoms with Crippen LogP contribution in [0, 0.1) is 6.92 Å². The van der Waals surface area contributed by atoms with E-state index in [0.717, 1.165) is 23.3 Å². The van der Waals surface area contributed by atoms with Crippen LogP contribution < -0.4 is 9.62 Å². The Hall–Kier alpha value is -4.35. The first-order chi connectivity index (χ1) is 21.8. The fourth-order valence-corrected chi connectivity index (χ4v) is 6.46. The zero-order chi connectivity index (χ0) is 33.5. The molecule has 0 bridgehead atoms. The second kappa shape index (κ2) is 14.8. The number of hydrogen-bond donors (Lipinski definition) is 1. The highest BCUT2D eigenvalue weighted by Crippen LogP contribution is 2.33. The van der Waals surface area contributed by atoms with Gasteiger partial charge in [0.2, 0.25) is 11.8 Å². The molecule has 0 spiro atoms. The SMILES string of the molecule is CCNC(=O)[C@H](Cc1ccccc1)N(Cc1ccccc1Cl)C(=O)CN(c1cccc(C(F)(F)F)c1)S(=O)(=O)c1ccc(C)cc1. The molecule has 0 aliphatic rings. The molecule has 4 rings (SSSR count). The molecular formula is C34H33ClF3N3O4S. The van der Waals surface area contributed by atoms with Crippen molar-refractivity contribution >= 4 is 39.1 Å². The molecule has 0 unspecified atom stereocenters. The zero-order valence-electron chi connectivity index (χ0n) is 25.2. The molecular weight excluding hydrogens is 639 g/mol. The first kappa shape index (κ1) is 34.5. The van der Waals surface area contributed by atoms with E-state index in [1.165, 1.54) is 23.1 Å². The van der Waals surface area contributed by atoms with Crippen molar-refractivity contribution in [3.8, 4) is 0 Å². The van der Waals surface area contributed by atoms with Gasteiger partial charge in [0.15, 0.2) is 0 Å². The Morgan fingerprint density at radius 1 is 0.891 bits per heavy atom. The highest BCUT2D eigenvalue weighted by atomic mass is 35.5. The number of hydrogen-bond acceptors (Lipinski definition) is 4. The highest BCUT2D eigenvalue weighted by Gasteiger charge is 2.36. The fraction of sp³-hybridized carbons (Fsp3) is 0.235. The maximum Gasteiger partial charge on any atom is 0.416 e. The van der Waals surface area contributed by atoms with Crippen molar-refractivity contribution < 1.29 is 31.2 Å². The number of rotatable bonds is 12. The molecule has 2 amide bonds. The molecule has 12 heteroatoms. The van der Waals surface area contributed by atoms with E-state index in [4.69, 9.17) is 11.6 Å². The van der Waals surface area contributed by atoms with Crippen LogP contribution in [0.3, 0.4) is 0 Å². The van der Waals surface area contributed by atoms with E-state index < -0.39 is 46.2 Å². The summed E-state index contributed by atoms with van der Waals surface area (Å²) in [6.45, 7) is 2.67. The third-order valence-electron chi connectivity index (χ3n) is 7.27. The average molecular weight is 672 g/mol. The van der Waals surface area contributed by atoms with Crippen molar-refractivity contribution in [2.24, 2.45) is 0 Å². The smallest absolute Gasteiger partial charge is 0.355 e. The standard InChI is InChI=1S/C34H33ClF3N3O4S/c1-3-39-33(43)31(20-25-10-5-4-6-11-25)40(22-26-12-7-8-15-30(26)35)32(42)23-41(28-14-9-13-27(21-28)34(36,37)38)46(44,45)29-18-16-24(2)17-19-29/h4-19,21,31H,3,20,22-23H2,1-2H3,(H,39,43)/t31-/m0/s1. The van der Waals surface area contributed by atoms with Crippen molar-refractivity contribution in [3.63, 3.8) is 0 Å². The predicted molar refractivity (Wildman–Crippen MR) is 172 cm³/mol. The quantitative estimate of drug-likeness (QED) is 0.183. The summed E-state index contributed by atoms with van der Waals surface area (Å²) < 4.78 is 70.0. The summed E-state index contributed by atoms with van der Waals surface area (Å²) in [6.07, 6.45) is -4.69. The first-order valence-electron chi connectivity index (χ1n) is 14.4. The Labute approximate surface area is 271 Å². The number of likely N-dealkylation sites (N-methyl/N-ethyl adjacent to an activating group) is 1. The third kappa shape index (κ3) is 8.46. The van der Waals surface area contributed by atoms with Crippen LogP contribution in [0.15, 0.2) is 108 Å². The first-order valence-corrected chi connectivity index (χ1v) is 16.2. The van der Waals surface area contributed by atoms with Gasteiger partial charge >= 0.3 is 6.18 Å². The monoisotopic (exact) mass is 671 g/mol. The van der Waals surface area contributed by atoms with Crippen LogP contribution in [0.5, 0.6) is 0 Å². The van der Waals surface area contributed by atoms with Crippen LogP contribution in [0.25, 0.3) is 0 Å². The number of carbonyl (C=O) groups excluding carboxylic acids is 2. The Kier molecular flexibility index (Phi) is 11.1. The molecule has 7 nitrogen and oxygen atoms in total. The average Bonchev–Trinajstić information content (AvgIpc) is 3.02. The van der Waals surface area contributed by atoms with Crippen LogP contribution in [-0.4, -0.2) is 44.3 Å². The fourth-order valence-electron chi connectivity index (χ4n) is 4.86. The van der Waals surface area contributed by atoms with Crippen LogP contribution in [0.1, 0.15) is 29.2 Å². The van der Waals surface area contributed by atoms with E-state index in [0.29, 0.717) is 21.0 Å². The summed E-state index contributed by atoms with van der Waals surface area (Å²) in [7, 11) is -4.57. The lowest BCUT2D eigenvalue weighted by atomic mass is 10.0. The topological polar surface area (TPSA) is 86.8 Å². The number of halogens is 4. The molecule has 1 atom stereocenters. The van der Waals surface area contributed by atoms with Crippen molar-refractivity contribution in [1.29, 1.82) is 0 Å². The molecule has 46 heavy (non-hydrogen) atoms. The largest absolute Gasteiger partial charge is 0.416 e. The number of carbonyl (C=O) groups is 2. The zero-order valence-corrected chi connectivity index (χ0v) is 26.7. The summed E-state index contributed by atoms with van der Waals surface area (Å²) in [5.74, 6) is -1.31. The van der Waals surface area contributed by atoms with Gasteiger partial charge in [0.05, 0.1) is 16.1 Å². The number of sulfonamides is 1. The number of nitrogens with zero attached hydrogens (tertiary/aromatic N) is 2. The number of aryl methyl sites for hydroxylation is 1. The minimum Gasteiger partial charge on any atom is -0.355 e. The molecule has 242 valence electrons. The number of benzene rings is 4. The Morgan fingerprint density at radius 3 is 2.17 bits per heavy atom. The Bertz CT molecular complexity index is 1770. The lowest BCUT2D eigenvalue weighted by Gasteiger charge is -2.34. The van der Waals surface area contributed by atoms with Gasteiger partial charge < -0.3 is 10.2 Å². The van der Waals surface area contributed by atoms with Gasteiger partial charge in [-0.15, -0.1) is 0 Å². The van der Waals surface area contributed by atoms with E-state index in [-0.39, 0.29) is 30.1 Å². The second-order valence-electron chi connectivity index (χ2n) is 10.6. The van der Waals surface area contributed by atoms with Gasteiger partial charge in [-0.25, -0.2) is 8.42 Å². The van der Waals surface area contributed by atoms with Gasteiger partial charge in [-0.1, -0.05) is 83.9 Å². The van der Waals surface area contributed by atoms with E-state index in [2.05, 4.69) is 5.32 Å². The summed E-state index contributed by atoms with van der Waals surface area (Å²) >= 11 is 6.45. The van der Waals surface area contributed by atoms with Crippen molar-refractivity contribution in [1.82, 2.24) is 10.2 Å². The van der Waals surface area contributed by atoms with E-state index in [1.807, 2.05) is 0 Å². The number of alkyl halides is 3. The summed E-state index contributed by atoms with van der Waals surface area (Å²) in [5.41, 5.74) is 0.541. The van der Waals surface area contributed by atoms with Crippen LogP contribution in [0.4, 0.5) is 18.9 Å². The molecule has 0 aliphatic carbocycles. The van der Waals surface area contributed by atoms with Gasteiger partial charge in [0, 0.05) is 24.5 Å². The predicted octanol–water partition coefficient (Wildman–Crippen LogP) is 6.64. The molecule has 0 saturated heterocycles. The molecule has 0 fully saturated rings. The molecule has 4 aromatic rings. The van der Waals surface area contributed by atoms with Crippen LogP contribution in [-0.2, 0) is 38.8 Å². The highest BCUT2D eigenvalue weighted by molar-refractivity contribution is 7.92. The van der Waals surface area contributed by atoms with Gasteiger partial charge in [-0.05, 0) is 61.4 Å². The van der Waals surface area contributed by atoms with Crippen LogP contribution in [0.2, 0.25) is 5.02 Å². The maximum atomic E-state index is 14.4. The van der Waals surface area contributed by atoms with Gasteiger partial charge in [-0.2, -0.15) is 13.2 Å². The minimum atomic E-state index is -4.77. The maximum absolute atomic E-state index is 14.4. The summed E-state index contributed by atoms with van der Waals surface area (Å²) in [4.78, 5) is 28.9. The van der Waals surface area contributed by atoms with Gasteiger partial charge in [0.1, 0.15) is 12.6 Å². The van der Waals surface area contributed by atoms with Crippen LogP contribution >= 0.6 is 11.6 Å². The Balaban J connectivity index is 1.84. The number of anilines is 1. The van der Waals surface area contributed by atoms with Crippen molar-refractivity contribution in [2.45, 2.75) is 43.9 Å². The Morgan fingerprint density at radius 2 is 1.54 bits per heavy atom. The molecule has 0 aromatic heterocycles. The van der Waals surface area contributed by atoms with E-state index >= 15 is 0 Å². The third-order valence-corrected chi connectivity index (χ3v) is 9.43. The van der Waals surface area contributed by atoms with Gasteiger partial charge in [0.25, 0.3) is 10.0 Å². The van der Waals surface area contributed by atoms with E-state index in [9.17, 15) is 31.2 Å². The lowest BCUT2D eigenvalue weighted by Crippen LogP contribution is -2.53. The minimum absolute atomic E-state index is 0.0805. The lowest BCUT2D eigenvalue weighted by molar-refractivity contribution is -0.140. The number of nitrogens with one attached hydrogen (secondary N) is 1. The normalized spacial score (nSPS) is 12.3. The molecule has 4 aromatic carbocycles. The molecule has 0 saturated carbocycles. The molecule has 0 heterocycles. The second-order valence-corrected chi connectivity index (χ2v) is 12.9. The summed E-state index contributed by atoms with van der Waals surface area (Å²) in [6, 6.07) is 24.1. The van der Waals surface area contributed by atoms with E-state index in [1.54, 1.807) is 80.6 Å². The van der Waals surface area contributed by atoms with Crippen molar-refractivity contribution in [2.75, 3.05) is 17.4 Å². The number of amides is 2. The molecule has 0 radical (unpaired) electrons. The van der Waals surface area contributed by atoms with Gasteiger partial charge in [-0.3, -0.25) is 13.9 Å². The molecule has 0 aliphatic heterocycles. The summed E-state index contributed by atoms with van der Waals surface area (Å²) in [5, 5.41) is 3.07. The van der Waals surface area contributed by atoms with Crippen molar-refractivity contribution in [3.05, 3.63) is 130 Å². The molecule has 1 N–H and O–H groups in total.